The molecule has 0 bridgehead atoms. The van der Waals surface area contributed by atoms with Crippen LogP contribution >= 0.6 is 0 Å². The Hall–Kier alpha value is -3.15. The maximum absolute atomic E-state index is 10.9. The summed E-state index contributed by atoms with van der Waals surface area (Å²) in [6, 6.07) is 13.1. The largest absolute Gasteiger partial charge is 0.427 e. The van der Waals surface area contributed by atoms with E-state index in [2.05, 4.69) is 20.5 Å². The van der Waals surface area contributed by atoms with E-state index in [0.717, 1.165) is 16.6 Å². The van der Waals surface area contributed by atoms with Gasteiger partial charge in [-0.2, -0.15) is 5.10 Å². The topological polar surface area (TPSA) is 79.4 Å². The summed E-state index contributed by atoms with van der Waals surface area (Å²) in [4.78, 5) is 18.4. The number of carbonyl (C=O) groups is 1. The van der Waals surface area contributed by atoms with E-state index < -0.39 is 0 Å². The molecular formula is C17H16N4O2. The minimum atomic E-state index is -0.340. The Morgan fingerprint density at radius 2 is 2.04 bits per heavy atom. The number of carbonyl (C=O) groups excluding carboxylic acids is 1. The molecule has 6 heteroatoms. The quantitative estimate of drug-likeness (QED) is 0.335. The zero-order valence-electron chi connectivity index (χ0n) is 12.8. The highest BCUT2D eigenvalue weighted by atomic mass is 16.5. The van der Waals surface area contributed by atoms with Gasteiger partial charge < -0.3 is 9.72 Å². The number of hydrazone groups is 1. The lowest BCUT2D eigenvalue weighted by molar-refractivity contribution is -0.131. The maximum Gasteiger partial charge on any atom is 0.308 e. The van der Waals surface area contributed by atoms with E-state index in [1.165, 1.54) is 12.5 Å². The second kappa shape index (κ2) is 6.31. The van der Waals surface area contributed by atoms with Crippen LogP contribution in [0.1, 0.15) is 18.1 Å². The standard InChI is InChI=1S/C17H16N4O2/c1-11-3-8-15-16(9-11)20-17(19-15)21-18-10-13-4-6-14(7-5-13)23-12(2)22/h3-10H,1-2H3,(H2,19,20,21)/b18-10-. The number of anilines is 1. The van der Waals surface area contributed by atoms with E-state index in [-0.39, 0.29) is 5.97 Å². The van der Waals surface area contributed by atoms with Crippen molar-refractivity contribution in [1.29, 1.82) is 0 Å². The first-order chi connectivity index (χ1) is 11.1. The molecule has 0 aliphatic heterocycles. The number of aromatic amines is 1. The van der Waals surface area contributed by atoms with Crippen molar-refractivity contribution in [3.05, 3.63) is 53.6 Å². The number of hydrogen-bond acceptors (Lipinski definition) is 5. The minimum Gasteiger partial charge on any atom is -0.427 e. The number of aryl methyl sites for hydroxylation is 1. The number of fused-ring (bicyclic) bond motifs is 1. The molecule has 0 aliphatic carbocycles. The summed E-state index contributed by atoms with van der Waals surface area (Å²) in [6.45, 7) is 3.40. The molecule has 0 radical (unpaired) electrons. The molecule has 0 aliphatic rings. The van der Waals surface area contributed by atoms with Crippen LogP contribution in [0.5, 0.6) is 5.75 Å². The van der Waals surface area contributed by atoms with E-state index in [1.54, 1.807) is 18.3 Å². The van der Waals surface area contributed by atoms with Gasteiger partial charge in [-0.05, 0) is 54.4 Å². The van der Waals surface area contributed by atoms with Gasteiger partial charge in [0.1, 0.15) is 5.75 Å². The Bertz CT molecular complexity index is 866. The van der Waals surface area contributed by atoms with Gasteiger partial charge in [-0.3, -0.25) is 4.79 Å². The third-order valence-electron chi connectivity index (χ3n) is 3.16. The van der Waals surface area contributed by atoms with Crippen molar-refractivity contribution < 1.29 is 9.53 Å². The molecule has 2 N–H and O–H groups in total. The summed E-state index contributed by atoms with van der Waals surface area (Å²) in [5.41, 5.74) is 6.77. The van der Waals surface area contributed by atoms with Crippen LogP contribution in [0.3, 0.4) is 0 Å². The lowest BCUT2D eigenvalue weighted by Gasteiger charge is -2.00. The summed E-state index contributed by atoms with van der Waals surface area (Å²) in [6.07, 6.45) is 1.66. The third-order valence-corrected chi connectivity index (χ3v) is 3.16. The Morgan fingerprint density at radius 1 is 1.26 bits per heavy atom. The molecule has 1 aromatic heterocycles. The Labute approximate surface area is 133 Å². The molecule has 0 saturated heterocycles. The first-order valence-electron chi connectivity index (χ1n) is 7.14. The van der Waals surface area contributed by atoms with Crippen molar-refractivity contribution >= 4 is 29.2 Å². The SMILES string of the molecule is CC(=O)Oc1ccc(/C=N\Nc2nc3ccc(C)cc3[nH]2)cc1. The highest BCUT2D eigenvalue weighted by Crippen LogP contribution is 2.15. The number of rotatable bonds is 4. The molecule has 0 unspecified atom stereocenters. The molecule has 23 heavy (non-hydrogen) atoms. The van der Waals surface area contributed by atoms with Crippen LogP contribution in [0, 0.1) is 6.92 Å². The van der Waals surface area contributed by atoms with E-state index in [9.17, 15) is 4.79 Å². The average Bonchev–Trinajstić information content (AvgIpc) is 2.90. The number of H-pyrrole nitrogens is 1. The number of aromatic nitrogens is 2. The van der Waals surface area contributed by atoms with Crippen molar-refractivity contribution in [3.63, 3.8) is 0 Å². The molecule has 2 aromatic carbocycles. The van der Waals surface area contributed by atoms with Crippen LogP contribution in [0.15, 0.2) is 47.6 Å². The molecule has 1 heterocycles. The highest BCUT2D eigenvalue weighted by Gasteiger charge is 2.01. The zero-order valence-corrected chi connectivity index (χ0v) is 12.8. The number of esters is 1. The molecule has 6 nitrogen and oxygen atoms in total. The van der Waals surface area contributed by atoms with Gasteiger partial charge in [-0.1, -0.05) is 6.07 Å². The van der Waals surface area contributed by atoms with Crippen molar-refractivity contribution in [3.8, 4) is 5.75 Å². The normalized spacial score (nSPS) is 11.0. The van der Waals surface area contributed by atoms with Crippen LogP contribution in [0.2, 0.25) is 0 Å². The number of benzene rings is 2. The van der Waals surface area contributed by atoms with E-state index in [4.69, 9.17) is 4.74 Å². The van der Waals surface area contributed by atoms with Crippen LogP contribution in [-0.4, -0.2) is 22.2 Å². The van der Waals surface area contributed by atoms with Crippen molar-refractivity contribution in [2.24, 2.45) is 5.10 Å². The predicted octanol–water partition coefficient (Wildman–Crippen LogP) is 3.24. The molecular weight excluding hydrogens is 292 g/mol. The second-order valence-electron chi connectivity index (χ2n) is 5.14. The third kappa shape index (κ3) is 3.74. The number of nitrogens with one attached hydrogen (secondary N) is 2. The first-order valence-corrected chi connectivity index (χ1v) is 7.14. The Balaban J connectivity index is 1.66. The average molecular weight is 308 g/mol. The number of hydrogen-bond donors (Lipinski definition) is 2. The molecule has 0 atom stereocenters. The molecule has 3 aromatic rings. The first kappa shape index (κ1) is 14.8. The minimum absolute atomic E-state index is 0.340. The van der Waals surface area contributed by atoms with Crippen LogP contribution in [0.4, 0.5) is 5.95 Å². The summed E-state index contributed by atoms with van der Waals surface area (Å²) >= 11 is 0. The predicted molar refractivity (Wildman–Crippen MR) is 89.8 cm³/mol. The fourth-order valence-electron chi connectivity index (χ4n) is 2.13. The van der Waals surface area contributed by atoms with Gasteiger partial charge >= 0.3 is 5.97 Å². The second-order valence-corrected chi connectivity index (χ2v) is 5.14. The molecule has 3 rings (SSSR count). The summed E-state index contributed by atoms with van der Waals surface area (Å²) < 4.78 is 4.97. The zero-order chi connectivity index (χ0) is 16.2. The lowest BCUT2D eigenvalue weighted by Crippen LogP contribution is -2.01. The van der Waals surface area contributed by atoms with Crippen LogP contribution < -0.4 is 10.2 Å². The van der Waals surface area contributed by atoms with Crippen molar-refractivity contribution in [1.82, 2.24) is 9.97 Å². The van der Waals surface area contributed by atoms with Gasteiger partial charge in [0, 0.05) is 6.92 Å². The summed E-state index contributed by atoms with van der Waals surface area (Å²) in [5.74, 6) is 0.752. The van der Waals surface area contributed by atoms with E-state index in [1.807, 2.05) is 37.3 Å². The van der Waals surface area contributed by atoms with Gasteiger partial charge in [0.2, 0.25) is 5.95 Å². The van der Waals surface area contributed by atoms with Crippen LogP contribution in [0.25, 0.3) is 11.0 Å². The monoisotopic (exact) mass is 308 g/mol. The lowest BCUT2D eigenvalue weighted by atomic mass is 10.2. The van der Waals surface area contributed by atoms with Gasteiger partial charge in [0.15, 0.2) is 0 Å². The van der Waals surface area contributed by atoms with Crippen LogP contribution in [-0.2, 0) is 4.79 Å². The van der Waals surface area contributed by atoms with Crippen molar-refractivity contribution in [2.75, 3.05) is 5.43 Å². The Morgan fingerprint density at radius 3 is 2.78 bits per heavy atom. The number of imidazole rings is 1. The van der Waals surface area contributed by atoms with Gasteiger partial charge in [0.05, 0.1) is 17.2 Å². The Kier molecular flexibility index (Phi) is 4.05. The molecule has 116 valence electrons. The van der Waals surface area contributed by atoms with E-state index >= 15 is 0 Å². The number of nitrogens with zero attached hydrogens (tertiary/aromatic N) is 2. The van der Waals surface area contributed by atoms with Crippen molar-refractivity contribution in [2.45, 2.75) is 13.8 Å². The molecule has 0 fully saturated rings. The summed E-state index contributed by atoms with van der Waals surface area (Å²) in [5, 5.41) is 4.14. The van der Waals surface area contributed by atoms with Gasteiger partial charge in [0.25, 0.3) is 0 Å². The fourth-order valence-corrected chi connectivity index (χ4v) is 2.13. The van der Waals surface area contributed by atoms with Gasteiger partial charge in [-0.15, -0.1) is 0 Å². The molecule has 0 amide bonds. The maximum atomic E-state index is 10.9. The fraction of sp³-hybridized carbons (Fsp3) is 0.118. The van der Waals surface area contributed by atoms with Gasteiger partial charge in [-0.25, -0.2) is 10.4 Å². The van der Waals surface area contributed by atoms with E-state index in [0.29, 0.717) is 11.7 Å². The highest BCUT2D eigenvalue weighted by molar-refractivity contribution is 5.81. The summed E-state index contributed by atoms with van der Waals surface area (Å²) in [7, 11) is 0. The smallest absolute Gasteiger partial charge is 0.308 e. The molecule has 0 spiro atoms. The molecule has 0 saturated carbocycles. The number of ether oxygens (including phenoxy) is 1.